The highest BCUT2D eigenvalue weighted by molar-refractivity contribution is 5.82. The van der Waals surface area contributed by atoms with E-state index in [0.717, 1.165) is 25.8 Å². The number of hydrogen-bond acceptors (Lipinski definition) is 3. The molecule has 3 unspecified atom stereocenters. The molecular weight excluding hydrogens is 216 g/mol. The van der Waals surface area contributed by atoms with Gasteiger partial charge in [-0.05, 0) is 37.6 Å². The molecule has 1 aliphatic heterocycles. The molecule has 0 aliphatic carbocycles. The van der Waals surface area contributed by atoms with Crippen molar-refractivity contribution in [2.24, 2.45) is 11.8 Å². The van der Waals surface area contributed by atoms with Crippen LogP contribution in [0.3, 0.4) is 0 Å². The number of amides is 1. The third-order valence-corrected chi connectivity index (χ3v) is 3.37. The topological polar surface area (TPSA) is 61.4 Å². The van der Waals surface area contributed by atoms with Gasteiger partial charge in [0.25, 0.3) is 0 Å². The number of hydrogen-bond donors (Lipinski definition) is 3. The van der Waals surface area contributed by atoms with E-state index in [9.17, 15) is 9.90 Å². The van der Waals surface area contributed by atoms with Gasteiger partial charge in [-0.15, -0.1) is 0 Å². The van der Waals surface area contributed by atoms with E-state index < -0.39 is 0 Å². The first-order valence-electron chi connectivity index (χ1n) is 6.69. The second kappa shape index (κ2) is 6.97. The number of aliphatic hydroxyl groups excluding tert-OH is 1. The first-order valence-corrected chi connectivity index (χ1v) is 6.69. The van der Waals surface area contributed by atoms with Gasteiger partial charge in [-0.3, -0.25) is 4.79 Å². The first-order chi connectivity index (χ1) is 8.04. The minimum Gasteiger partial charge on any atom is -0.394 e. The van der Waals surface area contributed by atoms with Crippen LogP contribution in [0.1, 0.15) is 40.0 Å². The normalized spacial score (nSPS) is 26.9. The number of aliphatic hydroxyl groups is 1. The quantitative estimate of drug-likeness (QED) is 0.671. The lowest BCUT2D eigenvalue weighted by molar-refractivity contribution is -0.126. The number of piperidine rings is 1. The average Bonchev–Trinajstić information content (AvgIpc) is 2.27. The monoisotopic (exact) mass is 242 g/mol. The summed E-state index contributed by atoms with van der Waals surface area (Å²) >= 11 is 0. The Morgan fingerprint density at radius 1 is 1.53 bits per heavy atom. The van der Waals surface area contributed by atoms with Crippen LogP contribution in [-0.2, 0) is 4.79 Å². The maximum Gasteiger partial charge on any atom is 0.237 e. The van der Waals surface area contributed by atoms with Crippen LogP contribution in [0.2, 0.25) is 0 Å². The largest absolute Gasteiger partial charge is 0.394 e. The van der Waals surface area contributed by atoms with Crippen LogP contribution in [0.4, 0.5) is 0 Å². The van der Waals surface area contributed by atoms with Crippen molar-refractivity contribution in [3.8, 4) is 0 Å². The van der Waals surface area contributed by atoms with Crippen LogP contribution in [0.5, 0.6) is 0 Å². The Morgan fingerprint density at radius 3 is 2.76 bits per heavy atom. The van der Waals surface area contributed by atoms with Crippen LogP contribution in [0.25, 0.3) is 0 Å². The Bertz CT molecular complexity index is 244. The van der Waals surface area contributed by atoms with Gasteiger partial charge < -0.3 is 15.7 Å². The van der Waals surface area contributed by atoms with Crippen LogP contribution in [0.15, 0.2) is 0 Å². The highest BCUT2D eigenvalue weighted by atomic mass is 16.3. The molecular formula is C13H26N2O2. The van der Waals surface area contributed by atoms with Crippen molar-refractivity contribution in [1.29, 1.82) is 0 Å². The van der Waals surface area contributed by atoms with Gasteiger partial charge in [-0.25, -0.2) is 0 Å². The Balaban J connectivity index is 2.45. The zero-order valence-corrected chi connectivity index (χ0v) is 11.2. The van der Waals surface area contributed by atoms with Gasteiger partial charge in [-0.1, -0.05) is 20.8 Å². The van der Waals surface area contributed by atoms with E-state index in [2.05, 4.69) is 31.4 Å². The van der Waals surface area contributed by atoms with Crippen molar-refractivity contribution in [3.63, 3.8) is 0 Å². The minimum atomic E-state index is -0.113. The molecule has 1 heterocycles. The summed E-state index contributed by atoms with van der Waals surface area (Å²) < 4.78 is 0. The van der Waals surface area contributed by atoms with E-state index in [-0.39, 0.29) is 24.6 Å². The van der Waals surface area contributed by atoms with Gasteiger partial charge in [0.2, 0.25) is 5.91 Å². The highest BCUT2D eigenvalue weighted by Crippen LogP contribution is 2.16. The van der Waals surface area contributed by atoms with Crippen LogP contribution < -0.4 is 10.6 Å². The zero-order chi connectivity index (χ0) is 12.8. The predicted octanol–water partition coefficient (Wildman–Crippen LogP) is 0.898. The van der Waals surface area contributed by atoms with Crippen molar-refractivity contribution in [3.05, 3.63) is 0 Å². The summed E-state index contributed by atoms with van der Waals surface area (Å²) in [6.07, 6.45) is 3.06. The smallest absolute Gasteiger partial charge is 0.237 e. The summed E-state index contributed by atoms with van der Waals surface area (Å²) in [6, 6.07) is -0.205. The van der Waals surface area contributed by atoms with E-state index >= 15 is 0 Å². The molecule has 1 aliphatic rings. The van der Waals surface area contributed by atoms with E-state index in [4.69, 9.17) is 0 Å². The Kier molecular flexibility index (Phi) is 5.92. The van der Waals surface area contributed by atoms with E-state index in [1.807, 2.05) is 0 Å². The highest BCUT2D eigenvalue weighted by Gasteiger charge is 2.28. The average molecular weight is 242 g/mol. The fraction of sp³-hybridized carbons (Fsp3) is 0.923. The summed E-state index contributed by atoms with van der Waals surface area (Å²) in [5.41, 5.74) is 0. The summed E-state index contributed by atoms with van der Waals surface area (Å²) in [6.45, 7) is 7.22. The SMILES string of the molecule is CC(C)CC(CO)NC(=O)C1NCCCC1C. The van der Waals surface area contributed by atoms with Crippen molar-refractivity contribution < 1.29 is 9.90 Å². The molecule has 0 aromatic heterocycles. The summed E-state index contributed by atoms with van der Waals surface area (Å²) in [5, 5.41) is 15.5. The maximum atomic E-state index is 12.1. The molecule has 0 spiro atoms. The lowest BCUT2D eigenvalue weighted by atomic mass is 9.92. The van der Waals surface area contributed by atoms with Gasteiger partial charge in [0.05, 0.1) is 18.7 Å². The molecule has 0 aromatic rings. The fourth-order valence-electron chi connectivity index (χ4n) is 2.44. The fourth-order valence-corrected chi connectivity index (χ4v) is 2.44. The molecule has 100 valence electrons. The molecule has 3 atom stereocenters. The second-order valence-corrected chi connectivity index (χ2v) is 5.57. The summed E-state index contributed by atoms with van der Waals surface area (Å²) in [7, 11) is 0. The van der Waals surface area contributed by atoms with Crippen LogP contribution in [0, 0.1) is 11.8 Å². The van der Waals surface area contributed by atoms with Crippen molar-refractivity contribution in [2.45, 2.75) is 52.1 Å². The van der Waals surface area contributed by atoms with Gasteiger partial charge in [0, 0.05) is 0 Å². The molecule has 3 N–H and O–H groups in total. The number of carbonyl (C=O) groups excluding carboxylic acids is 1. The molecule has 1 amide bonds. The minimum absolute atomic E-state index is 0.0189. The van der Waals surface area contributed by atoms with Gasteiger partial charge in [0.1, 0.15) is 0 Å². The van der Waals surface area contributed by atoms with Gasteiger partial charge in [0.15, 0.2) is 0 Å². The molecule has 0 radical (unpaired) electrons. The number of carbonyl (C=O) groups is 1. The van der Waals surface area contributed by atoms with E-state index in [1.54, 1.807) is 0 Å². The Labute approximate surface area is 104 Å². The number of rotatable bonds is 5. The Morgan fingerprint density at radius 2 is 2.24 bits per heavy atom. The third-order valence-electron chi connectivity index (χ3n) is 3.37. The van der Waals surface area contributed by atoms with Gasteiger partial charge in [-0.2, -0.15) is 0 Å². The molecule has 0 bridgehead atoms. The summed E-state index contributed by atoms with van der Waals surface area (Å²) in [5.74, 6) is 0.892. The second-order valence-electron chi connectivity index (χ2n) is 5.57. The third kappa shape index (κ3) is 4.64. The van der Waals surface area contributed by atoms with Crippen molar-refractivity contribution in [1.82, 2.24) is 10.6 Å². The van der Waals surface area contributed by atoms with Gasteiger partial charge >= 0.3 is 0 Å². The zero-order valence-electron chi connectivity index (χ0n) is 11.2. The molecule has 1 rings (SSSR count). The van der Waals surface area contributed by atoms with Crippen LogP contribution in [-0.4, -0.2) is 36.2 Å². The lowest BCUT2D eigenvalue weighted by Crippen LogP contribution is -2.53. The lowest BCUT2D eigenvalue weighted by Gasteiger charge is -2.30. The molecule has 0 aromatic carbocycles. The van der Waals surface area contributed by atoms with E-state index in [0.29, 0.717) is 11.8 Å². The molecule has 1 saturated heterocycles. The molecule has 4 nitrogen and oxygen atoms in total. The maximum absolute atomic E-state index is 12.1. The Hall–Kier alpha value is -0.610. The first kappa shape index (κ1) is 14.5. The van der Waals surface area contributed by atoms with Crippen LogP contribution >= 0.6 is 0 Å². The standard InChI is InChI=1S/C13H26N2O2/c1-9(2)7-11(8-16)15-13(17)12-10(3)5-4-6-14-12/h9-12,14,16H,4-8H2,1-3H3,(H,15,17). The molecule has 4 heteroatoms. The predicted molar refractivity (Wildman–Crippen MR) is 68.7 cm³/mol. The van der Waals surface area contributed by atoms with Crippen molar-refractivity contribution in [2.75, 3.05) is 13.2 Å². The molecule has 17 heavy (non-hydrogen) atoms. The molecule has 0 saturated carbocycles. The van der Waals surface area contributed by atoms with E-state index in [1.165, 1.54) is 0 Å². The summed E-state index contributed by atoms with van der Waals surface area (Å²) in [4.78, 5) is 12.1. The molecule has 1 fully saturated rings. The van der Waals surface area contributed by atoms with Crippen molar-refractivity contribution >= 4 is 5.91 Å². The number of nitrogens with one attached hydrogen (secondary N) is 2.